The first-order chi connectivity index (χ1) is 15.1. The zero-order chi connectivity index (χ0) is 23.2. The highest BCUT2D eigenvalue weighted by molar-refractivity contribution is 6.30. The van der Waals surface area contributed by atoms with Crippen molar-refractivity contribution in [2.75, 3.05) is 4.90 Å². The fourth-order valence-electron chi connectivity index (χ4n) is 4.55. The maximum absolute atomic E-state index is 13.4. The van der Waals surface area contributed by atoms with Gasteiger partial charge in [-0.1, -0.05) is 37.6 Å². The normalized spacial score (nSPS) is 20.1. The van der Waals surface area contributed by atoms with Gasteiger partial charge in [0.25, 0.3) is 5.69 Å². The van der Waals surface area contributed by atoms with Crippen molar-refractivity contribution in [1.82, 2.24) is 0 Å². The van der Waals surface area contributed by atoms with Crippen molar-refractivity contribution < 1.29 is 9.72 Å². The molecule has 0 spiro atoms. The first kappa shape index (κ1) is 21.6. The maximum atomic E-state index is 13.4. The second-order valence-electron chi connectivity index (χ2n) is 8.81. The van der Waals surface area contributed by atoms with Gasteiger partial charge < -0.3 is 5.73 Å². The molecule has 2 aromatic carbocycles. The number of nitrogens with two attached hydrogens (primary N) is 1. The molecule has 0 radical (unpaired) electrons. The Balaban J connectivity index is 1.99. The van der Waals surface area contributed by atoms with E-state index in [2.05, 4.69) is 6.07 Å². The van der Waals surface area contributed by atoms with Gasteiger partial charge in [-0.05, 0) is 41.7 Å². The molecule has 162 valence electrons. The number of Topliss-reactive ketones (excluding diaryl/α,β-unsaturated/α-hetero) is 1. The van der Waals surface area contributed by atoms with E-state index in [1.807, 2.05) is 13.8 Å². The van der Waals surface area contributed by atoms with E-state index in [1.54, 1.807) is 41.3 Å². The number of hydrogen-bond acceptors (Lipinski definition) is 6. The van der Waals surface area contributed by atoms with Gasteiger partial charge in [-0.15, -0.1) is 0 Å². The molecule has 0 fully saturated rings. The molecule has 0 amide bonds. The minimum Gasteiger partial charge on any atom is -0.384 e. The van der Waals surface area contributed by atoms with Crippen LogP contribution in [0.25, 0.3) is 0 Å². The summed E-state index contributed by atoms with van der Waals surface area (Å²) < 4.78 is 0. The summed E-state index contributed by atoms with van der Waals surface area (Å²) in [5.74, 6) is -0.649. The molecule has 1 heterocycles. The number of halogens is 1. The number of benzene rings is 2. The summed E-state index contributed by atoms with van der Waals surface area (Å²) in [5, 5.41) is 22.0. The van der Waals surface area contributed by atoms with Gasteiger partial charge in [-0.25, -0.2) is 0 Å². The molecule has 1 atom stereocenters. The van der Waals surface area contributed by atoms with Gasteiger partial charge in [0, 0.05) is 40.5 Å². The highest BCUT2D eigenvalue weighted by Gasteiger charge is 2.44. The van der Waals surface area contributed by atoms with Crippen LogP contribution < -0.4 is 10.6 Å². The van der Waals surface area contributed by atoms with Gasteiger partial charge in [0.2, 0.25) is 0 Å². The summed E-state index contributed by atoms with van der Waals surface area (Å²) in [7, 11) is 0. The molecule has 1 aliphatic heterocycles. The van der Waals surface area contributed by atoms with Crippen LogP contribution in [-0.2, 0) is 4.79 Å². The molecule has 2 N–H and O–H groups in total. The Hall–Kier alpha value is -3.63. The number of nitrogens with zero attached hydrogens (tertiary/aromatic N) is 3. The van der Waals surface area contributed by atoms with E-state index in [-0.39, 0.29) is 28.3 Å². The number of carbonyl (C=O) groups excluding carboxylic acids is 1. The number of nitriles is 1. The lowest BCUT2D eigenvalue weighted by atomic mass is 9.68. The Morgan fingerprint density at radius 3 is 2.53 bits per heavy atom. The Bertz CT molecular complexity index is 1240. The molecular weight excluding hydrogens is 428 g/mol. The van der Waals surface area contributed by atoms with Crippen LogP contribution in [-0.4, -0.2) is 10.7 Å². The Morgan fingerprint density at radius 1 is 1.22 bits per heavy atom. The monoisotopic (exact) mass is 448 g/mol. The number of nitro groups is 1. The SMILES string of the molecule is CC1(C)CC(=O)C2=C(C1)N(c1ccc(Cl)cc1)C(N)=C(C#N)C2c1cccc([N+](=O)[O-])c1. The molecule has 1 aliphatic carbocycles. The number of nitro benzene ring substituents is 1. The Morgan fingerprint density at radius 2 is 1.91 bits per heavy atom. The third kappa shape index (κ3) is 3.63. The first-order valence-electron chi connectivity index (χ1n) is 10.1. The third-order valence-corrected chi connectivity index (χ3v) is 6.13. The van der Waals surface area contributed by atoms with Gasteiger partial charge in [-0.3, -0.25) is 19.8 Å². The summed E-state index contributed by atoms with van der Waals surface area (Å²) in [5.41, 5.74) is 8.67. The minimum absolute atomic E-state index is 0.0908. The van der Waals surface area contributed by atoms with E-state index in [0.29, 0.717) is 40.4 Å². The largest absolute Gasteiger partial charge is 0.384 e. The molecule has 7 nitrogen and oxygen atoms in total. The molecule has 0 saturated carbocycles. The molecular formula is C24H21ClN4O3. The van der Waals surface area contributed by atoms with E-state index in [0.717, 1.165) is 0 Å². The Kier molecular flexibility index (Phi) is 5.27. The van der Waals surface area contributed by atoms with Crippen molar-refractivity contribution >= 4 is 28.8 Å². The number of carbonyl (C=O) groups is 1. The van der Waals surface area contributed by atoms with Crippen LogP contribution in [0.15, 0.2) is 71.2 Å². The molecule has 0 saturated heterocycles. The molecule has 4 rings (SSSR count). The fraction of sp³-hybridized carbons (Fsp3) is 0.250. The minimum atomic E-state index is -0.762. The molecule has 2 aliphatic rings. The Labute approximate surface area is 190 Å². The molecule has 2 aromatic rings. The first-order valence-corrected chi connectivity index (χ1v) is 10.5. The van der Waals surface area contributed by atoms with E-state index in [4.69, 9.17) is 17.3 Å². The van der Waals surface area contributed by atoms with Crippen LogP contribution in [0.3, 0.4) is 0 Å². The van der Waals surface area contributed by atoms with E-state index in [1.165, 1.54) is 12.1 Å². The van der Waals surface area contributed by atoms with E-state index in [9.17, 15) is 20.2 Å². The third-order valence-electron chi connectivity index (χ3n) is 5.88. The lowest BCUT2D eigenvalue weighted by Gasteiger charge is -2.43. The van der Waals surface area contributed by atoms with Crippen LogP contribution >= 0.6 is 11.6 Å². The van der Waals surface area contributed by atoms with Crippen molar-refractivity contribution in [3.05, 3.63) is 91.9 Å². The van der Waals surface area contributed by atoms with Crippen molar-refractivity contribution in [1.29, 1.82) is 5.26 Å². The van der Waals surface area contributed by atoms with Crippen molar-refractivity contribution in [3.63, 3.8) is 0 Å². The van der Waals surface area contributed by atoms with Crippen LogP contribution in [0.5, 0.6) is 0 Å². The van der Waals surface area contributed by atoms with Gasteiger partial charge in [0.1, 0.15) is 5.82 Å². The topological polar surface area (TPSA) is 113 Å². The highest BCUT2D eigenvalue weighted by Crippen LogP contribution is 2.50. The predicted octanol–water partition coefficient (Wildman–Crippen LogP) is 5.19. The van der Waals surface area contributed by atoms with Gasteiger partial charge in [0.05, 0.1) is 22.5 Å². The van der Waals surface area contributed by atoms with Crippen LogP contribution in [0, 0.1) is 26.9 Å². The number of hydrogen-bond donors (Lipinski definition) is 1. The van der Waals surface area contributed by atoms with Gasteiger partial charge in [0.15, 0.2) is 5.78 Å². The van der Waals surface area contributed by atoms with Crippen LogP contribution in [0.2, 0.25) is 5.02 Å². The lowest BCUT2D eigenvalue weighted by Crippen LogP contribution is -2.42. The zero-order valence-corrected chi connectivity index (χ0v) is 18.4. The summed E-state index contributed by atoms with van der Waals surface area (Å²) in [4.78, 5) is 26.0. The smallest absolute Gasteiger partial charge is 0.269 e. The molecule has 1 unspecified atom stereocenters. The van der Waals surface area contributed by atoms with Crippen LogP contribution in [0.1, 0.15) is 38.2 Å². The highest BCUT2D eigenvalue weighted by atomic mass is 35.5. The molecule has 0 aromatic heterocycles. The summed E-state index contributed by atoms with van der Waals surface area (Å²) in [6, 6.07) is 15.2. The summed E-state index contributed by atoms with van der Waals surface area (Å²) >= 11 is 6.06. The molecule has 8 heteroatoms. The maximum Gasteiger partial charge on any atom is 0.269 e. The number of rotatable bonds is 3. The lowest BCUT2D eigenvalue weighted by molar-refractivity contribution is -0.384. The van der Waals surface area contributed by atoms with Crippen molar-refractivity contribution in [2.45, 2.75) is 32.6 Å². The van der Waals surface area contributed by atoms with E-state index < -0.39 is 10.8 Å². The molecule has 0 bridgehead atoms. The number of non-ortho nitro benzene ring substituents is 1. The van der Waals surface area contributed by atoms with Gasteiger partial charge >= 0.3 is 0 Å². The average molecular weight is 449 g/mol. The van der Waals surface area contributed by atoms with Crippen LogP contribution in [0.4, 0.5) is 11.4 Å². The van der Waals surface area contributed by atoms with Crippen molar-refractivity contribution in [3.8, 4) is 6.07 Å². The predicted molar refractivity (Wildman–Crippen MR) is 122 cm³/mol. The average Bonchev–Trinajstić information content (AvgIpc) is 2.73. The summed E-state index contributed by atoms with van der Waals surface area (Å²) in [6.07, 6.45) is 0.867. The number of ketones is 1. The van der Waals surface area contributed by atoms with E-state index >= 15 is 0 Å². The number of allylic oxidation sites excluding steroid dienone is 3. The summed E-state index contributed by atoms with van der Waals surface area (Å²) in [6.45, 7) is 4.02. The van der Waals surface area contributed by atoms with Crippen molar-refractivity contribution in [2.24, 2.45) is 11.1 Å². The zero-order valence-electron chi connectivity index (χ0n) is 17.6. The second-order valence-corrected chi connectivity index (χ2v) is 9.25. The number of anilines is 1. The standard InChI is InChI=1S/C24H21ClN4O3/c1-24(2)11-19-22(20(30)12-24)21(14-4-3-5-17(10-14)29(31)32)18(13-26)23(27)28(19)16-8-6-15(25)7-9-16/h3-10,21H,11-12,27H2,1-2H3. The fourth-order valence-corrected chi connectivity index (χ4v) is 4.67. The quantitative estimate of drug-likeness (QED) is 0.510. The van der Waals surface area contributed by atoms with Gasteiger partial charge in [-0.2, -0.15) is 5.26 Å². The molecule has 32 heavy (non-hydrogen) atoms. The second kappa shape index (κ2) is 7.81.